The van der Waals surface area contributed by atoms with Crippen LogP contribution < -0.4 is 11.1 Å². The summed E-state index contributed by atoms with van der Waals surface area (Å²) in [5.41, 5.74) is 7.87. The van der Waals surface area contributed by atoms with Crippen LogP contribution >= 0.6 is 11.3 Å². The Labute approximate surface area is 110 Å². The standard InChI is InChI=1S/C13H14N4S/c1-2-10-7-17-13(18-10)8-16-12-5-9(6-14)3-4-11(12)15/h3-5,7,16H,2,8,15H2,1H3. The highest BCUT2D eigenvalue weighted by Gasteiger charge is 2.03. The predicted octanol–water partition coefficient (Wildman–Crippen LogP) is 2.77. The van der Waals surface area contributed by atoms with E-state index in [2.05, 4.69) is 23.3 Å². The first-order valence-corrected chi connectivity index (χ1v) is 6.51. The summed E-state index contributed by atoms with van der Waals surface area (Å²) < 4.78 is 0. The number of thiazole rings is 1. The molecule has 0 aliphatic heterocycles. The Hall–Kier alpha value is -2.06. The molecule has 0 aliphatic rings. The first kappa shape index (κ1) is 12.4. The summed E-state index contributed by atoms with van der Waals surface area (Å²) >= 11 is 1.69. The smallest absolute Gasteiger partial charge is 0.112 e. The van der Waals surface area contributed by atoms with E-state index in [1.165, 1.54) is 4.88 Å². The minimum atomic E-state index is 0.597. The van der Waals surface area contributed by atoms with Crippen LogP contribution in [0.5, 0.6) is 0 Å². The highest BCUT2D eigenvalue weighted by molar-refractivity contribution is 7.11. The lowest BCUT2D eigenvalue weighted by atomic mass is 10.2. The molecule has 1 aromatic heterocycles. The van der Waals surface area contributed by atoms with E-state index in [0.29, 0.717) is 17.8 Å². The van der Waals surface area contributed by atoms with Gasteiger partial charge in [0, 0.05) is 11.1 Å². The van der Waals surface area contributed by atoms with Crippen LogP contribution in [0.4, 0.5) is 11.4 Å². The van der Waals surface area contributed by atoms with Gasteiger partial charge in [-0.3, -0.25) is 0 Å². The molecule has 0 fully saturated rings. The van der Waals surface area contributed by atoms with Gasteiger partial charge in [-0.2, -0.15) is 5.26 Å². The van der Waals surface area contributed by atoms with Gasteiger partial charge in [0.1, 0.15) is 5.01 Å². The normalized spacial score (nSPS) is 10.0. The maximum absolute atomic E-state index is 8.84. The molecule has 5 heteroatoms. The van der Waals surface area contributed by atoms with E-state index >= 15 is 0 Å². The van der Waals surface area contributed by atoms with Gasteiger partial charge in [0.05, 0.1) is 29.6 Å². The lowest BCUT2D eigenvalue weighted by molar-refractivity contribution is 1.09. The van der Waals surface area contributed by atoms with Gasteiger partial charge in [0.2, 0.25) is 0 Å². The molecule has 0 atom stereocenters. The van der Waals surface area contributed by atoms with Crippen molar-refractivity contribution in [2.75, 3.05) is 11.1 Å². The molecule has 0 radical (unpaired) electrons. The van der Waals surface area contributed by atoms with Crippen molar-refractivity contribution in [2.45, 2.75) is 19.9 Å². The second-order valence-corrected chi connectivity index (χ2v) is 5.04. The van der Waals surface area contributed by atoms with Crippen LogP contribution in [0.25, 0.3) is 0 Å². The molecule has 0 unspecified atom stereocenters. The summed E-state index contributed by atoms with van der Waals surface area (Å²) in [5, 5.41) is 13.1. The Bertz CT molecular complexity index is 583. The summed E-state index contributed by atoms with van der Waals surface area (Å²) in [6.45, 7) is 2.74. The number of aromatic nitrogens is 1. The SMILES string of the molecule is CCc1cnc(CNc2cc(C#N)ccc2N)s1. The van der Waals surface area contributed by atoms with Gasteiger partial charge in [0.25, 0.3) is 0 Å². The highest BCUT2D eigenvalue weighted by Crippen LogP contribution is 2.21. The molecule has 0 aliphatic carbocycles. The van der Waals surface area contributed by atoms with Gasteiger partial charge in [-0.05, 0) is 24.6 Å². The molecule has 18 heavy (non-hydrogen) atoms. The number of hydrogen-bond acceptors (Lipinski definition) is 5. The summed E-state index contributed by atoms with van der Waals surface area (Å²) in [5.74, 6) is 0. The lowest BCUT2D eigenvalue weighted by Crippen LogP contribution is -2.02. The molecule has 92 valence electrons. The van der Waals surface area contributed by atoms with Gasteiger partial charge in [-0.25, -0.2) is 4.98 Å². The number of aryl methyl sites for hydroxylation is 1. The van der Waals surface area contributed by atoms with Crippen LogP contribution in [0.1, 0.15) is 22.4 Å². The maximum Gasteiger partial charge on any atom is 0.112 e. The topological polar surface area (TPSA) is 74.7 Å². The number of rotatable bonds is 4. The molecule has 0 saturated heterocycles. The maximum atomic E-state index is 8.84. The fourth-order valence-corrected chi connectivity index (χ4v) is 2.35. The highest BCUT2D eigenvalue weighted by atomic mass is 32.1. The van der Waals surface area contributed by atoms with Crippen molar-refractivity contribution in [1.82, 2.24) is 4.98 Å². The first-order chi connectivity index (χ1) is 8.72. The van der Waals surface area contributed by atoms with Crippen molar-refractivity contribution < 1.29 is 0 Å². The summed E-state index contributed by atoms with van der Waals surface area (Å²) in [6, 6.07) is 7.29. The summed E-state index contributed by atoms with van der Waals surface area (Å²) in [7, 11) is 0. The van der Waals surface area contributed by atoms with Crippen LogP contribution in [0, 0.1) is 11.3 Å². The van der Waals surface area contributed by atoms with Gasteiger partial charge in [0.15, 0.2) is 0 Å². The minimum Gasteiger partial charge on any atom is -0.397 e. The summed E-state index contributed by atoms with van der Waals surface area (Å²) in [4.78, 5) is 5.59. The first-order valence-electron chi connectivity index (χ1n) is 5.70. The second kappa shape index (κ2) is 5.52. The van der Waals surface area contributed by atoms with Crippen molar-refractivity contribution in [3.63, 3.8) is 0 Å². The zero-order valence-corrected chi connectivity index (χ0v) is 10.9. The summed E-state index contributed by atoms with van der Waals surface area (Å²) in [6.07, 6.45) is 2.90. The Morgan fingerprint density at radius 1 is 1.50 bits per heavy atom. The molecule has 4 nitrogen and oxygen atoms in total. The third-order valence-corrected chi connectivity index (χ3v) is 3.70. The number of nitrogens with two attached hydrogens (primary N) is 1. The Morgan fingerprint density at radius 2 is 2.33 bits per heavy atom. The third-order valence-electron chi connectivity index (χ3n) is 2.56. The lowest BCUT2D eigenvalue weighted by Gasteiger charge is -2.07. The van der Waals surface area contributed by atoms with Gasteiger partial charge >= 0.3 is 0 Å². The van der Waals surface area contributed by atoms with E-state index in [-0.39, 0.29) is 0 Å². The monoisotopic (exact) mass is 258 g/mol. The molecular formula is C13H14N4S. The molecule has 3 N–H and O–H groups in total. The molecule has 1 heterocycles. The molecule has 2 rings (SSSR count). The second-order valence-electron chi connectivity index (χ2n) is 3.84. The predicted molar refractivity (Wildman–Crippen MR) is 74.4 cm³/mol. The average Bonchev–Trinajstić information content (AvgIpc) is 2.86. The largest absolute Gasteiger partial charge is 0.397 e. The van der Waals surface area contributed by atoms with Gasteiger partial charge in [-0.1, -0.05) is 6.92 Å². The van der Waals surface area contributed by atoms with E-state index in [9.17, 15) is 0 Å². The molecular weight excluding hydrogens is 244 g/mol. The van der Waals surface area contributed by atoms with Crippen LogP contribution in [0.2, 0.25) is 0 Å². The van der Waals surface area contributed by atoms with Crippen molar-refractivity contribution in [3.8, 4) is 6.07 Å². The van der Waals surface area contributed by atoms with Crippen molar-refractivity contribution in [2.24, 2.45) is 0 Å². The molecule has 0 spiro atoms. The van der Waals surface area contributed by atoms with Crippen LogP contribution in [-0.4, -0.2) is 4.98 Å². The van der Waals surface area contributed by atoms with Crippen LogP contribution in [0.15, 0.2) is 24.4 Å². The zero-order valence-electron chi connectivity index (χ0n) is 10.1. The number of nitrogen functional groups attached to an aromatic ring is 1. The number of nitrogens with one attached hydrogen (secondary N) is 1. The van der Waals surface area contributed by atoms with Crippen molar-refractivity contribution >= 4 is 22.7 Å². The van der Waals surface area contributed by atoms with Crippen LogP contribution in [0.3, 0.4) is 0 Å². The van der Waals surface area contributed by atoms with E-state index in [1.807, 2.05) is 6.20 Å². The van der Waals surface area contributed by atoms with E-state index in [0.717, 1.165) is 17.1 Å². The number of benzene rings is 1. The zero-order chi connectivity index (χ0) is 13.0. The molecule has 1 aromatic carbocycles. The number of nitrogens with zero attached hydrogens (tertiary/aromatic N) is 2. The van der Waals surface area contributed by atoms with E-state index in [4.69, 9.17) is 11.0 Å². The van der Waals surface area contributed by atoms with Gasteiger partial charge in [-0.15, -0.1) is 11.3 Å². The van der Waals surface area contributed by atoms with Crippen molar-refractivity contribution in [1.29, 1.82) is 5.26 Å². The number of hydrogen-bond donors (Lipinski definition) is 2. The Morgan fingerprint density at radius 3 is 3.00 bits per heavy atom. The Balaban J connectivity index is 2.08. The molecule has 0 amide bonds. The quantitative estimate of drug-likeness (QED) is 0.827. The molecule has 2 aromatic rings. The van der Waals surface area contributed by atoms with E-state index in [1.54, 1.807) is 29.5 Å². The minimum absolute atomic E-state index is 0.597. The number of nitriles is 1. The molecule has 0 bridgehead atoms. The van der Waals surface area contributed by atoms with Crippen LogP contribution in [-0.2, 0) is 13.0 Å². The van der Waals surface area contributed by atoms with E-state index < -0.39 is 0 Å². The number of anilines is 2. The molecule has 0 saturated carbocycles. The third kappa shape index (κ3) is 2.79. The van der Waals surface area contributed by atoms with Gasteiger partial charge < -0.3 is 11.1 Å². The van der Waals surface area contributed by atoms with Crippen molar-refractivity contribution in [3.05, 3.63) is 39.8 Å². The fraction of sp³-hybridized carbons (Fsp3) is 0.231. The average molecular weight is 258 g/mol. The fourth-order valence-electron chi connectivity index (χ4n) is 1.54. The Kier molecular flexibility index (Phi) is 3.80.